The van der Waals surface area contributed by atoms with Crippen molar-refractivity contribution in [2.45, 2.75) is 96.1 Å². The molecule has 178 valence electrons. The molecule has 2 amide bonds. The van der Waals surface area contributed by atoms with E-state index in [-0.39, 0.29) is 11.9 Å². The Morgan fingerprint density at radius 2 is 1.75 bits per heavy atom. The third-order valence-corrected chi connectivity index (χ3v) is 7.18. The highest BCUT2D eigenvalue weighted by molar-refractivity contribution is 6.30. The van der Waals surface area contributed by atoms with Crippen LogP contribution in [0.1, 0.15) is 84.6 Å². The van der Waals surface area contributed by atoms with E-state index in [1.807, 2.05) is 45.0 Å². The van der Waals surface area contributed by atoms with Gasteiger partial charge in [0, 0.05) is 11.6 Å². The molecule has 2 saturated carbocycles. The summed E-state index contributed by atoms with van der Waals surface area (Å²) in [6.07, 6.45) is 8.29. The Morgan fingerprint density at radius 1 is 1.12 bits per heavy atom. The molecule has 0 heterocycles. The number of hydrogen-bond donors (Lipinski definition) is 2. The lowest BCUT2D eigenvalue weighted by Crippen LogP contribution is -2.51. The fourth-order valence-corrected chi connectivity index (χ4v) is 5.12. The summed E-state index contributed by atoms with van der Waals surface area (Å²) >= 11 is 6.02. The van der Waals surface area contributed by atoms with E-state index < -0.39 is 17.1 Å². The number of carbonyl (C=O) groups is 2. The van der Waals surface area contributed by atoms with E-state index in [1.54, 1.807) is 0 Å². The van der Waals surface area contributed by atoms with Crippen LogP contribution in [0.5, 0.6) is 0 Å². The van der Waals surface area contributed by atoms with Gasteiger partial charge in [-0.05, 0) is 76.0 Å². The van der Waals surface area contributed by atoms with Crippen LogP contribution in [-0.2, 0) is 14.9 Å². The van der Waals surface area contributed by atoms with Crippen molar-refractivity contribution < 1.29 is 14.3 Å². The first kappa shape index (κ1) is 24.9. The fraction of sp³-hybridized carbons (Fsp3) is 0.692. The molecule has 1 unspecified atom stereocenters. The number of nitrogens with one attached hydrogen (secondary N) is 2. The SMILES string of the molecule is CCCC1CCC(C(CNC(=O)C2(c3ccc(Cl)cc3)CC2)NC(=O)OC(C)(C)C)CC1. The molecular weight excluding hydrogens is 424 g/mol. The number of rotatable bonds is 8. The Labute approximate surface area is 198 Å². The number of carbonyl (C=O) groups excluding carboxylic acids is 2. The van der Waals surface area contributed by atoms with Crippen LogP contribution in [0.4, 0.5) is 4.79 Å². The molecule has 0 saturated heterocycles. The number of benzene rings is 1. The molecular formula is C26H39ClN2O3. The Bertz CT molecular complexity index is 775. The lowest BCUT2D eigenvalue weighted by molar-refractivity contribution is -0.123. The van der Waals surface area contributed by atoms with Gasteiger partial charge in [-0.25, -0.2) is 4.79 Å². The Balaban J connectivity index is 1.63. The number of halogens is 1. The molecule has 2 N–H and O–H groups in total. The first-order chi connectivity index (χ1) is 15.1. The van der Waals surface area contributed by atoms with Crippen LogP contribution >= 0.6 is 11.6 Å². The van der Waals surface area contributed by atoms with Crippen molar-refractivity contribution in [3.05, 3.63) is 34.9 Å². The predicted molar refractivity (Wildman–Crippen MR) is 129 cm³/mol. The van der Waals surface area contributed by atoms with E-state index in [2.05, 4.69) is 17.6 Å². The molecule has 0 aromatic heterocycles. The number of amides is 2. The molecule has 6 heteroatoms. The van der Waals surface area contributed by atoms with Gasteiger partial charge in [-0.1, -0.05) is 56.3 Å². The van der Waals surface area contributed by atoms with E-state index in [0.717, 1.165) is 37.2 Å². The molecule has 0 aliphatic heterocycles. The molecule has 1 atom stereocenters. The Hall–Kier alpha value is -1.75. The van der Waals surface area contributed by atoms with Gasteiger partial charge in [-0.2, -0.15) is 0 Å². The zero-order valence-corrected chi connectivity index (χ0v) is 20.8. The van der Waals surface area contributed by atoms with E-state index in [1.165, 1.54) is 25.7 Å². The van der Waals surface area contributed by atoms with E-state index in [4.69, 9.17) is 16.3 Å². The highest BCUT2D eigenvalue weighted by atomic mass is 35.5. The van der Waals surface area contributed by atoms with Gasteiger partial charge < -0.3 is 15.4 Å². The van der Waals surface area contributed by atoms with Crippen LogP contribution in [0.25, 0.3) is 0 Å². The molecule has 1 aromatic carbocycles. The summed E-state index contributed by atoms with van der Waals surface area (Å²) in [6.45, 7) is 8.26. The summed E-state index contributed by atoms with van der Waals surface area (Å²) in [6, 6.07) is 7.44. The minimum absolute atomic E-state index is 0.0375. The monoisotopic (exact) mass is 462 g/mol. The van der Waals surface area contributed by atoms with Gasteiger partial charge in [-0.3, -0.25) is 4.79 Å². The number of alkyl carbamates (subject to hydrolysis) is 1. The zero-order valence-electron chi connectivity index (χ0n) is 20.0. The summed E-state index contributed by atoms with van der Waals surface area (Å²) in [5.41, 5.74) is -0.000447. The summed E-state index contributed by atoms with van der Waals surface area (Å²) in [4.78, 5) is 25.7. The van der Waals surface area contributed by atoms with Crippen LogP contribution < -0.4 is 10.6 Å². The lowest BCUT2D eigenvalue weighted by atomic mass is 9.77. The molecule has 3 rings (SSSR count). The molecule has 0 bridgehead atoms. The molecule has 2 aliphatic rings. The van der Waals surface area contributed by atoms with Gasteiger partial charge in [0.1, 0.15) is 5.60 Å². The van der Waals surface area contributed by atoms with Gasteiger partial charge in [0.15, 0.2) is 0 Å². The number of hydrogen-bond acceptors (Lipinski definition) is 3. The minimum atomic E-state index is -0.552. The van der Waals surface area contributed by atoms with E-state index >= 15 is 0 Å². The third-order valence-electron chi connectivity index (χ3n) is 6.92. The molecule has 2 fully saturated rings. The molecule has 2 aliphatic carbocycles. The predicted octanol–water partition coefficient (Wildman–Crippen LogP) is 5.99. The molecule has 1 aromatic rings. The van der Waals surface area contributed by atoms with Gasteiger partial charge in [-0.15, -0.1) is 0 Å². The normalized spacial score (nSPS) is 23.2. The zero-order chi connectivity index (χ0) is 23.4. The topological polar surface area (TPSA) is 67.4 Å². The summed E-state index contributed by atoms with van der Waals surface area (Å²) < 4.78 is 5.51. The maximum Gasteiger partial charge on any atom is 0.407 e. The van der Waals surface area contributed by atoms with Gasteiger partial charge in [0.25, 0.3) is 0 Å². The highest BCUT2D eigenvalue weighted by Crippen LogP contribution is 2.48. The molecule has 32 heavy (non-hydrogen) atoms. The Kier molecular flexibility index (Phi) is 8.13. The maximum atomic E-state index is 13.2. The standard InChI is InChI=1S/C26H39ClN2O3/c1-5-6-18-7-9-19(10-8-18)22(29-24(31)32-25(2,3)4)17-28-23(30)26(15-16-26)20-11-13-21(27)14-12-20/h11-14,18-19,22H,5-10,15-17H2,1-4H3,(H,28,30)(H,29,31). The first-order valence-electron chi connectivity index (χ1n) is 12.2. The lowest BCUT2D eigenvalue weighted by Gasteiger charge is -2.35. The van der Waals surface area contributed by atoms with E-state index in [9.17, 15) is 9.59 Å². The van der Waals surface area contributed by atoms with Crippen molar-refractivity contribution in [2.24, 2.45) is 11.8 Å². The molecule has 0 radical (unpaired) electrons. The van der Waals surface area contributed by atoms with Gasteiger partial charge >= 0.3 is 6.09 Å². The van der Waals surface area contributed by atoms with Crippen molar-refractivity contribution in [1.82, 2.24) is 10.6 Å². The van der Waals surface area contributed by atoms with Gasteiger partial charge in [0.05, 0.1) is 11.5 Å². The van der Waals surface area contributed by atoms with Crippen LogP contribution in [0.3, 0.4) is 0 Å². The largest absolute Gasteiger partial charge is 0.444 e. The van der Waals surface area contributed by atoms with Crippen molar-refractivity contribution in [2.75, 3.05) is 6.54 Å². The average Bonchev–Trinajstić information content (AvgIpc) is 3.53. The minimum Gasteiger partial charge on any atom is -0.444 e. The Morgan fingerprint density at radius 3 is 2.28 bits per heavy atom. The average molecular weight is 463 g/mol. The second kappa shape index (κ2) is 10.5. The summed E-state index contributed by atoms with van der Waals surface area (Å²) in [5.74, 6) is 1.17. The van der Waals surface area contributed by atoms with Crippen LogP contribution in [0.2, 0.25) is 5.02 Å². The van der Waals surface area contributed by atoms with Crippen LogP contribution in [-0.4, -0.2) is 30.2 Å². The maximum absolute atomic E-state index is 13.2. The quantitative estimate of drug-likeness (QED) is 0.498. The third kappa shape index (κ3) is 6.63. The summed E-state index contributed by atoms with van der Waals surface area (Å²) in [7, 11) is 0. The van der Waals surface area contributed by atoms with Crippen molar-refractivity contribution >= 4 is 23.6 Å². The highest BCUT2D eigenvalue weighted by Gasteiger charge is 2.51. The number of ether oxygens (including phenoxy) is 1. The van der Waals surface area contributed by atoms with E-state index in [0.29, 0.717) is 17.5 Å². The fourth-order valence-electron chi connectivity index (χ4n) is 4.99. The van der Waals surface area contributed by atoms with Crippen LogP contribution in [0, 0.1) is 11.8 Å². The van der Waals surface area contributed by atoms with Crippen molar-refractivity contribution in [3.8, 4) is 0 Å². The smallest absolute Gasteiger partial charge is 0.407 e. The second-order valence-corrected chi connectivity index (χ2v) is 11.1. The van der Waals surface area contributed by atoms with Crippen molar-refractivity contribution in [1.29, 1.82) is 0 Å². The molecule has 5 nitrogen and oxygen atoms in total. The van der Waals surface area contributed by atoms with Crippen LogP contribution in [0.15, 0.2) is 24.3 Å². The molecule has 0 spiro atoms. The second-order valence-electron chi connectivity index (χ2n) is 10.6. The van der Waals surface area contributed by atoms with Crippen molar-refractivity contribution in [3.63, 3.8) is 0 Å². The van der Waals surface area contributed by atoms with Gasteiger partial charge in [0.2, 0.25) is 5.91 Å². The summed E-state index contributed by atoms with van der Waals surface area (Å²) in [5, 5.41) is 6.90. The first-order valence-corrected chi connectivity index (χ1v) is 12.5.